The third kappa shape index (κ3) is 3.05. The number of aromatic amines is 1. The Kier molecular flexibility index (Phi) is 3.58. The number of carbonyl (C=O) groups excluding carboxylic acids is 1. The molecule has 2 heterocycles. The second-order valence-electron chi connectivity index (χ2n) is 4.80. The quantitative estimate of drug-likeness (QED) is 0.880. The van der Waals surface area contributed by atoms with Crippen LogP contribution in [-0.2, 0) is 11.0 Å². The zero-order valence-electron chi connectivity index (χ0n) is 11.7. The van der Waals surface area contributed by atoms with Crippen molar-refractivity contribution in [2.75, 3.05) is 5.32 Å². The van der Waals surface area contributed by atoms with Gasteiger partial charge in [-0.3, -0.25) is 15.2 Å². The third-order valence-electron chi connectivity index (χ3n) is 3.09. The third-order valence-corrected chi connectivity index (χ3v) is 3.09. The molecule has 7 nitrogen and oxygen atoms in total. The van der Waals surface area contributed by atoms with Crippen LogP contribution in [0.2, 0.25) is 0 Å². The number of fused-ring (bicyclic) bond motifs is 1. The number of carbonyl (C=O) groups is 1. The second-order valence-corrected chi connectivity index (χ2v) is 4.80. The average molecular weight is 328 g/mol. The number of benzene rings is 1. The van der Waals surface area contributed by atoms with E-state index in [1.165, 1.54) is 0 Å². The van der Waals surface area contributed by atoms with E-state index in [1.54, 1.807) is 36.3 Å². The number of nitrogens with zero attached hydrogens (tertiary/aromatic N) is 2. The molecule has 2 N–H and O–H groups in total. The summed E-state index contributed by atoms with van der Waals surface area (Å²) in [7, 11) is 0. The van der Waals surface area contributed by atoms with Crippen LogP contribution in [0.4, 0.5) is 19.1 Å². The summed E-state index contributed by atoms with van der Waals surface area (Å²) in [5.74, 6) is -1.64. The number of para-hydroxylation sites is 2. The van der Waals surface area contributed by atoms with E-state index in [0.29, 0.717) is 11.5 Å². The molecule has 0 aliphatic carbocycles. The van der Waals surface area contributed by atoms with Gasteiger partial charge in [0.25, 0.3) is 5.91 Å². The van der Waals surface area contributed by atoms with Gasteiger partial charge in [0.15, 0.2) is 11.5 Å². The summed E-state index contributed by atoms with van der Waals surface area (Å²) < 4.78 is 48.4. The Balaban J connectivity index is 1.72. The Labute approximate surface area is 127 Å². The van der Waals surface area contributed by atoms with Crippen LogP contribution in [0, 0.1) is 0 Å². The maximum atomic E-state index is 12.4. The highest BCUT2D eigenvalue weighted by Gasteiger charge is 2.37. The van der Waals surface area contributed by atoms with Crippen molar-refractivity contribution in [3.8, 4) is 11.5 Å². The summed E-state index contributed by atoms with van der Waals surface area (Å²) in [6.45, 7) is 1.61. The summed E-state index contributed by atoms with van der Waals surface area (Å²) in [6.07, 6.45) is -6.35. The normalized spacial score (nSPS) is 20.2. The van der Waals surface area contributed by atoms with Crippen LogP contribution in [0.3, 0.4) is 0 Å². The molecule has 0 fully saturated rings. The average Bonchev–Trinajstić information content (AvgIpc) is 2.95. The number of H-pyrrole nitrogens is 1. The molecule has 2 atom stereocenters. The molecule has 0 radical (unpaired) electrons. The highest BCUT2D eigenvalue weighted by Crippen LogP contribution is 2.33. The Morgan fingerprint density at radius 2 is 1.91 bits per heavy atom. The van der Waals surface area contributed by atoms with E-state index in [0.717, 1.165) is 0 Å². The molecule has 1 aliphatic heterocycles. The molecule has 0 unspecified atom stereocenters. The van der Waals surface area contributed by atoms with E-state index < -0.39 is 36.1 Å². The van der Waals surface area contributed by atoms with Crippen LogP contribution < -0.4 is 14.8 Å². The predicted molar refractivity (Wildman–Crippen MR) is 71.0 cm³/mol. The maximum absolute atomic E-state index is 12.4. The number of amides is 1. The number of nitrogens with one attached hydrogen (secondary N) is 2. The summed E-state index contributed by atoms with van der Waals surface area (Å²) in [6, 6.07) is 6.76. The van der Waals surface area contributed by atoms with Gasteiger partial charge in [-0.05, 0) is 19.1 Å². The highest BCUT2D eigenvalue weighted by atomic mass is 19.4. The number of hydrogen-bond acceptors (Lipinski definition) is 5. The van der Waals surface area contributed by atoms with Crippen LogP contribution in [0.1, 0.15) is 12.7 Å². The molecule has 0 bridgehead atoms. The standard InChI is InChI=1S/C13H11F3N4O3/c1-6-9(23-8-5-3-2-4-7(8)22-6)10(21)17-12-18-11(19-20-12)13(14,15)16/h2-6,9H,1H3,(H2,17,18,19,20,21)/t6-,9-/m1/s1. The number of ether oxygens (including phenoxy) is 2. The fraction of sp³-hybridized carbons (Fsp3) is 0.308. The molecule has 1 aromatic heterocycles. The molecule has 10 heteroatoms. The van der Waals surface area contributed by atoms with E-state index in [-0.39, 0.29) is 0 Å². The first kappa shape index (κ1) is 15.1. The van der Waals surface area contributed by atoms with Crippen molar-refractivity contribution in [3.63, 3.8) is 0 Å². The first-order valence-corrected chi connectivity index (χ1v) is 6.57. The van der Waals surface area contributed by atoms with Crippen LogP contribution in [0.15, 0.2) is 24.3 Å². The Morgan fingerprint density at radius 3 is 2.52 bits per heavy atom. The van der Waals surface area contributed by atoms with Crippen molar-refractivity contribution >= 4 is 11.9 Å². The van der Waals surface area contributed by atoms with E-state index in [4.69, 9.17) is 9.47 Å². The number of alkyl halides is 3. The molecule has 2 aromatic rings. The van der Waals surface area contributed by atoms with Crippen molar-refractivity contribution in [2.45, 2.75) is 25.3 Å². The fourth-order valence-electron chi connectivity index (χ4n) is 2.03. The lowest BCUT2D eigenvalue weighted by Crippen LogP contribution is -2.46. The molecule has 1 aromatic carbocycles. The first-order valence-electron chi connectivity index (χ1n) is 6.57. The van der Waals surface area contributed by atoms with Gasteiger partial charge >= 0.3 is 6.18 Å². The molecule has 0 saturated carbocycles. The van der Waals surface area contributed by atoms with Gasteiger partial charge in [0.05, 0.1) is 0 Å². The molecule has 122 valence electrons. The van der Waals surface area contributed by atoms with Crippen molar-refractivity contribution < 1.29 is 27.4 Å². The van der Waals surface area contributed by atoms with Crippen molar-refractivity contribution in [3.05, 3.63) is 30.1 Å². The molecule has 0 spiro atoms. The van der Waals surface area contributed by atoms with E-state index >= 15 is 0 Å². The monoisotopic (exact) mass is 328 g/mol. The summed E-state index contributed by atoms with van der Waals surface area (Å²) >= 11 is 0. The minimum Gasteiger partial charge on any atom is -0.482 e. The van der Waals surface area contributed by atoms with Gasteiger partial charge in [0.2, 0.25) is 17.9 Å². The van der Waals surface area contributed by atoms with Crippen LogP contribution in [-0.4, -0.2) is 33.3 Å². The van der Waals surface area contributed by atoms with Crippen molar-refractivity contribution in [2.24, 2.45) is 0 Å². The Bertz CT molecular complexity index is 731. The Morgan fingerprint density at radius 1 is 1.26 bits per heavy atom. The van der Waals surface area contributed by atoms with Gasteiger partial charge in [0, 0.05) is 0 Å². The Hall–Kier alpha value is -2.78. The van der Waals surface area contributed by atoms with Gasteiger partial charge in [0.1, 0.15) is 6.10 Å². The summed E-state index contributed by atoms with van der Waals surface area (Å²) in [5.41, 5.74) is 0. The summed E-state index contributed by atoms with van der Waals surface area (Å²) in [5, 5.41) is 7.18. The molecule has 1 amide bonds. The van der Waals surface area contributed by atoms with E-state index in [2.05, 4.69) is 15.4 Å². The molecular weight excluding hydrogens is 317 g/mol. The topological polar surface area (TPSA) is 89.1 Å². The molecular formula is C13H11F3N4O3. The highest BCUT2D eigenvalue weighted by molar-refractivity contribution is 5.93. The zero-order valence-corrected chi connectivity index (χ0v) is 11.7. The summed E-state index contributed by atoms with van der Waals surface area (Å²) in [4.78, 5) is 15.3. The van der Waals surface area contributed by atoms with Crippen LogP contribution in [0.5, 0.6) is 11.5 Å². The van der Waals surface area contributed by atoms with E-state index in [1.807, 2.05) is 0 Å². The van der Waals surface area contributed by atoms with Gasteiger partial charge in [-0.15, -0.1) is 5.10 Å². The first-order chi connectivity index (χ1) is 10.8. The molecule has 1 aliphatic rings. The number of anilines is 1. The number of halogens is 3. The predicted octanol–water partition coefficient (Wildman–Crippen LogP) is 1.99. The smallest absolute Gasteiger partial charge is 0.451 e. The number of aromatic nitrogens is 3. The van der Waals surface area contributed by atoms with Gasteiger partial charge < -0.3 is 9.47 Å². The van der Waals surface area contributed by atoms with Crippen LogP contribution in [0.25, 0.3) is 0 Å². The SMILES string of the molecule is C[C@H]1Oc2ccccc2O[C@H]1C(=O)Nc1n[nH]c(C(F)(F)F)n1. The van der Waals surface area contributed by atoms with Crippen LogP contribution >= 0.6 is 0 Å². The zero-order chi connectivity index (χ0) is 16.6. The molecule has 3 rings (SSSR count). The van der Waals surface area contributed by atoms with Gasteiger partial charge in [-0.25, -0.2) is 0 Å². The lowest BCUT2D eigenvalue weighted by molar-refractivity contribution is -0.144. The minimum absolute atomic E-state index is 0.372. The largest absolute Gasteiger partial charge is 0.482 e. The lowest BCUT2D eigenvalue weighted by atomic mass is 10.1. The lowest BCUT2D eigenvalue weighted by Gasteiger charge is -2.30. The number of hydrogen-bond donors (Lipinski definition) is 2. The number of rotatable bonds is 2. The fourth-order valence-corrected chi connectivity index (χ4v) is 2.03. The van der Waals surface area contributed by atoms with E-state index in [9.17, 15) is 18.0 Å². The van der Waals surface area contributed by atoms with Crippen molar-refractivity contribution in [1.82, 2.24) is 15.2 Å². The molecule has 23 heavy (non-hydrogen) atoms. The maximum Gasteiger partial charge on any atom is 0.451 e. The van der Waals surface area contributed by atoms with Crippen molar-refractivity contribution in [1.29, 1.82) is 0 Å². The minimum atomic E-state index is -4.67. The second kappa shape index (κ2) is 5.45. The molecule has 0 saturated heterocycles. The van der Waals surface area contributed by atoms with Gasteiger partial charge in [-0.2, -0.15) is 18.2 Å². The van der Waals surface area contributed by atoms with Gasteiger partial charge in [-0.1, -0.05) is 12.1 Å².